The molecule has 0 atom stereocenters. The molecule has 1 aromatic heterocycles. The summed E-state index contributed by atoms with van der Waals surface area (Å²) in [5.74, 6) is 0. The van der Waals surface area contributed by atoms with Crippen molar-refractivity contribution in [1.29, 1.82) is 0 Å². The molecule has 2 rings (SSSR count). The Labute approximate surface area is 95.7 Å². The fourth-order valence-corrected chi connectivity index (χ4v) is 1.70. The van der Waals surface area contributed by atoms with Crippen LogP contribution in [0, 0.1) is 0 Å². The van der Waals surface area contributed by atoms with Crippen molar-refractivity contribution in [2.24, 2.45) is 5.73 Å². The van der Waals surface area contributed by atoms with Gasteiger partial charge in [-0.15, -0.1) is 0 Å². The fraction of sp³-hybridized carbons (Fsp3) is 0.308. The standard InChI is InChI=1S/C13H17N3/c1-2-10-3-5-11(6-4-10)13-9-12(7-8-14)15-16-13/h3-6,9H,2,7-8,14H2,1H3,(H,15,16). The number of H-pyrrole nitrogens is 1. The highest BCUT2D eigenvalue weighted by molar-refractivity contribution is 5.59. The van der Waals surface area contributed by atoms with Crippen molar-refractivity contribution in [3.05, 3.63) is 41.6 Å². The lowest BCUT2D eigenvalue weighted by Crippen LogP contribution is -2.02. The zero-order valence-electron chi connectivity index (χ0n) is 9.53. The number of nitrogens with two attached hydrogens (primary N) is 1. The zero-order valence-corrected chi connectivity index (χ0v) is 9.53. The summed E-state index contributed by atoms with van der Waals surface area (Å²) in [7, 11) is 0. The van der Waals surface area contributed by atoms with Gasteiger partial charge >= 0.3 is 0 Å². The summed E-state index contributed by atoms with van der Waals surface area (Å²) in [5, 5.41) is 7.28. The summed E-state index contributed by atoms with van der Waals surface area (Å²) in [6, 6.07) is 10.6. The first-order chi connectivity index (χ1) is 7.83. The molecular formula is C13H17N3. The van der Waals surface area contributed by atoms with Gasteiger partial charge in [0.1, 0.15) is 0 Å². The third-order valence-corrected chi connectivity index (χ3v) is 2.70. The molecule has 0 fully saturated rings. The van der Waals surface area contributed by atoms with Crippen molar-refractivity contribution in [3.8, 4) is 11.3 Å². The SMILES string of the molecule is CCc1ccc(-c2cc(CCN)[nH]n2)cc1. The van der Waals surface area contributed by atoms with Gasteiger partial charge in [-0.3, -0.25) is 5.10 Å². The van der Waals surface area contributed by atoms with Gasteiger partial charge in [-0.1, -0.05) is 31.2 Å². The van der Waals surface area contributed by atoms with E-state index >= 15 is 0 Å². The van der Waals surface area contributed by atoms with Gasteiger partial charge in [-0.2, -0.15) is 5.10 Å². The van der Waals surface area contributed by atoms with Crippen LogP contribution in [0.3, 0.4) is 0 Å². The summed E-state index contributed by atoms with van der Waals surface area (Å²) < 4.78 is 0. The quantitative estimate of drug-likeness (QED) is 0.821. The molecule has 3 heteroatoms. The minimum atomic E-state index is 0.649. The van der Waals surface area contributed by atoms with Crippen LogP contribution in [0.4, 0.5) is 0 Å². The van der Waals surface area contributed by atoms with Gasteiger partial charge in [-0.05, 0) is 24.6 Å². The number of aromatic nitrogens is 2. The lowest BCUT2D eigenvalue weighted by molar-refractivity contribution is 0.902. The van der Waals surface area contributed by atoms with E-state index in [0.717, 1.165) is 29.8 Å². The van der Waals surface area contributed by atoms with E-state index in [1.165, 1.54) is 5.56 Å². The lowest BCUT2D eigenvalue weighted by atomic mass is 10.1. The Morgan fingerprint density at radius 3 is 2.62 bits per heavy atom. The molecule has 0 radical (unpaired) electrons. The molecule has 3 N–H and O–H groups in total. The van der Waals surface area contributed by atoms with Crippen LogP contribution in [0.15, 0.2) is 30.3 Å². The molecule has 3 nitrogen and oxygen atoms in total. The summed E-state index contributed by atoms with van der Waals surface area (Å²) in [4.78, 5) is 0. The third kappa shape index (κ3) is 2.31. The molecule has 0 saturated heterocycles. The van der Waals surface area contributed by atoms with Crippen LogP contribution in [0.5, 0.6) is 0 Å². The van der Waals surface area contributed by atoms with Gasteiger partial charge < -0.3 is 5.73 Å². The van der Waals surface area contributed by atoms with Crippen molar-refractivity contribution in [2.75, 3.05) is 6.54 Å². The zero-order chi connectivity index (χ0) is 11.4. The molecule has 1 aromatic carbocycles. The molecule has 0 aliphatic heterocycles. The predicted octanol–water partition coefficient (Wildman–Crippen LogP) is 2.14. The maximum Gasteiger partial charge on any atom is 0.0923 e. The van der Waals surface area contributed by atoms with Crippen LogP contribution in [-0.2, 0) is 12.8 Å². The van der Waals surface area contributed by atoms with E-state index in [1.54, 1.807) is 0 Å². The molecule has 2 aromatic rings. The molecule has 0 aliphatic rings. The number of nitrogens with one attached hydrogen (secondary N) is 1. The Balaban J connectivity index is 2.21. The number of nitrogens with zero attached hydrogens (tertiary/aromatic N) is 1. The van der Waals surface area contributed by atoms with Crippen LogP contribution in [0.25, 0.3) is 11.3 Å². The van der Waals surface area contributed by atoms with Gasteiger partial charge in [-0.25, -0.2) is 0 Å². The second kappa shape index (κ2) is 4.94. The highest BCUT2D eigenvalue weighted by atomic mass is 15.1. The summed E-state index contributed by atoms with van der Waals surface area (Å²) >= 11 is 0. The minimum absolute atomic E-state index is 0.649. The van der Waals surface area contributed by atoms with Crippen LogP contribution in [0.1, 0.15) is 18.2 Å². The molecule has 0 saturated carbocycles. The average Bonchev–Trinajstić information content (AvgIpc) is 2.78. The Kier molecular flexibility index (Phi) is 3.37. The number of hydrogen-bond acceptors (Lipinski definition) is 2. The molecule has 0 spiro atoms. The van der Waals surface area contributed by atoms with Gasteiger partial charge in [0, 0.05) is 17.7 Å². The van der Waals surface area contributed by atoms with Gasteiger partial charge in [0.15, 0.2) is 0 Å². The Bertz CT molecular complexity index is 442. The highest BCUT2D eigenvalue weighted by Crippen LogP contribution is 2.18. The van der Waals surface area contributed by atoms with E-state index in [0.29, 0.717) is 6.54 Å². The maximum atomic E-state index is 5.50. The average molecular weight is 215 g/mol. The molecule has 84 valence electrons. The van der Waals surface area contributed by atoms with E-state index < -0.39 is 0 Å². The van der Waals surface area contributed by atoms with Crippen LogP contribution >= 0.6 is 0 Å². The summed E-state index contributed by atoms with van der Waals surface area (Å²) in [5.41, 5.74) is 10.1. The van der Waals surface area contributed by atoms with E-state index in [9.17, 15) is 0 Å². The lowest BCUT2D eigenvalue weighted by Gasteiger charge is -1.98. The first-order valence-electron chi connectivity index (χ1n) is 5.67. The van der Waals surface area contributed by atoms with Gasteiger partial charge in [0.25, 0.3) is 0 Å². The van der Waals surface area contributed by atoms with Crippen LogP contribution in [0.2, 0.25) is 0 Å². The largest absolute Gasteiger partial charge is 0.330 e. The molecule has 16 heavy (non-hydrogen) atoms. The van der Waals surface area contributed by atoms with E-state index in [1.807, 2.05) is 0 Å². The van der Waals surface area contributed by atoms with E-state index in [2.05, 4.69) is 47.5 Å². The number of benzene rings is 1. The second-order valence-corrected chi connectivity index (χ2v) is 3.87. The maximum absolute atomic E-state index is 5.50. The smallest absolute Gasteiger partial charge is 0.0923 e. The number of aryl methyl sites for hydroxylation is 1. The van der Waals surface area contributed by atoms with Crippen LogP contribution in [-0.4, -0.2) is 16.7 Å². The fourth-order valence-electron chi connectivity index (χ4n) is 1.70. The number of hydrogen-bond donors (Lipinski definition) is 2. The molecule has 1 heterocycles. The third-order valence-electron chi connectivity index (χ3n) is 2.70. The highest BCUT2D eigenvalue weighted by Gasteiger charge is 2.03. The Morgan fingerprint density at radius 1 is 1.25 bits per heavy atom. The molecule has 0 amide bonds. The van der Waals surface area contributed by atoms with Crippen molar-refractivity contribution in [3.63, 3.8) is 0 Å². The number of aromatic amines is 1. The predicted molar refractivity (Wildman–Crippen MR) is 66.2 cm³/mol. The topological polar surface area (TPSA) is 54.7 Å². The van der Waals surface area contributed by atoms with Crippen molar-refractivity contribution in [1.82, 2.24) is 10.2 Å². The monoisotopic (exact) mass is 215 g/mol. The van der Waals surface area contributed by atoms with E-state index in [4.69, 9.17) is 5.73 Å². The second-order valence-electron chi connectivity index (χ2n) is 3.87. The Hall–Kier alpha value is -1.61. The molecular weight excluding hydrogens is 198 g/mol. The minimum Gasteiger partial charge on any atom is -0.330 e. The van der Waals surface area contributed by atoms with Gasteiger partial charge in [0.05, 0.1) is 5.69 Å². The summed E-state index contributed by atoms with van der Waals surface area (Å²) in [6.45, 7) is 2.80. The summed E-state index contributed by atoms with van der Waals surface area (Å²) in [6.07, 6.45) is 1.92. The number of rotatable bonds is 4. The molecule has 0 unspecified atom stereocenters. The normalized spacial score (nSPS) is 10.6. The van der Waals surface area contributed by atoms with Crippen molar-refractivity contribution >= 4 is 0 Å². The van der Waals surface area contributed by atoms with E-state index in [-0.39, 0.29) is 0 Å². The van der Waals surface area contributed by atoms with Gasteiger partial charge in [0.2, 0.25) is 0 Å². The first-order valence-corrected chi connectivity index (χ1v) is 5.67. The molecule has 0 bridgehead atoms. The van der Waals surface area contributed by atoms with Crippen LogP contribution < -0.4 is 5.73 Å². The molecule has 0 aliphatic carbocycles. The Morgan fingerprint density at radius 2 is 2.00 bits per heavy atom. The van der Waals surface area contributed by atoms with Crippen molar-refractivity contribution in [2.45, 2.75) is 19.8 Å². The first kappa shape index (κ1) is 10.9. The van der Waals surface area contributed by atoms with Crippen molar-refractivity contribution < 1.29 is 0 Å².